The van der Waals surface area contributed by atoms with Crippen LogP contribution in [-0.2, 0) is 19.1 Å². The van der Waals surface area contributed by atoms with Gasteiger partial charge in [-0.2, -0.15) is 0 Å². The van der Waals surface area contributed by atoms with E-state index in [1.54, 1.807) is 12.1 Å². The predicted octanol–water partition coefficient (Wildman–Crippen LogP) is 1.48. The van der Waals surface area contributed by atoms with Gasteiger partial charge in [-0.15, -0.1) is 0 Å². The Morgan fingerprint density at radius 1 is 1.11 bits per heavy atom. The van der Waals surface area contributed by atoms with Crippen LogP contribution < -0.4 is 4.74 Å². The third kappa shape index (κ3) is 4.08. The van der Waals surface area contributed by atoms with E-state index in [1.165, 1.54) is 14.2 Å². The summed E-state index contributed by atoms with van der Waals surface area (Å²) >= 11 is 0. The molecule has 1 rings (SSSR count). The van der Waals surface area contributed by atoms with Crippen molar-refractivity contribution in [2.75, 3.05) is 14.2 Å². The van der Waals surface area contributed by atoms with Crippen LogP contribution in [0.4, 0.5) is 0 Å². The normalized spacial score (nSPS) is 11.5. The summed E-state index contributed by atoms with van der Waals surface area (Å²) in [6.07, 6.45) is -1.18. The number of carbonyl (C=O) groups is 2. The van der Waals surface area contributed by atoms with Gasteiger partial charge in [0.25, 0.3) is 0 Å². The molecular weight excluding hydrogens is 236 g/mol. The van der Waals surface area contributed by atoms with E-state index >= 15 is 0 Å². The van der Waals surface area contributed by atoms with Crippen molar-refractivity contribution in [1.82, 2.24) is 0 Å². The van der Waals surface area contributed by atoms with E-state index < -0.39 is 18.0 Å². The third-order valence-corrected chi connectivity index (χ3v) is 2.34. The molecule has 0 saturated carbocycles. The Morgan fingerprint density at radius 2 is 1.72 bits per heavy atom. The molecule has 0 heterocycles. The molecule has 5 heteroatoms. The maximum absolute atomic E-state index is 11.5. The Balaban J connectivity index is 2.74. The lowest BCUT2D eigenvalue weighted by Crippen LogP contribution is -2.31. The van der Waals surface area contributed by atoms with Crippen LogP contribution in [-0.4, -0.2) is 32.3 Å². The van der Waals surface area contributed by atoms with Crippen LogP contribution in [0.25, 0.3) is 0 Å². The largest absolute Gasteiger partial charge is 0.478 e. The Kier molecular flexibility index (Phi) is 5.17. The molecule has 0 saturated heterocycles. The summed E-state index contributed by atoms with van der Waals surface area (Å²) in [5.74, 6) is -0.640. The highest BCUT2D eigenvalue weighted by atomic mass is 16.6. The van der Waals surface area contributed by atoms with Crippen molar-refractivity contribution in [3.63, 3.8) is 0 Å². The molecule has 5 nitrogen and oxygen atoms in total. The molecule has 0 amide bonds. The van der Waals surface area contributed by atoms with Crippen LogP contribution in [0, 0.1) is 6.92 Å². The van der Waals surface area contributed by atoms with Gasteiger partial charge in [-0.25, -0.2) is 4.79 Å². The van der Waals surface area contributed by atoms with Crippen LogP contribution in [0.2, 0.25) is 0 Å². The van der Waals surface area contributed by atoms with Gasteiger partial charge < -0.3 is 14.2 Å². The maximum Gasteiger partial charge on any atom is 0.347 e. The number of esters is 2. The number of methoxy groups -OCH3 is 2. The number of benzene rings is 1. The highest BCUT2D eigenvalue weighted by Crippen LogP contribution is 2.15. The standard InChI is InChI=1S/C13H16O5/c1-9-4-6-10(7-5-9)18-11(13(15)17-3)8-12(14)16-2/h4-7,11H,8H2,1-3H3. The van der Waals surface area contributed by atoms with Crippen molar-refractivity contribution >= 4 is 11.9 Å². The summed E-state index contributed by atoms with van der Waals surface area (Å²) in [6.45, 7) is 1.94. The fourth-order valence-electron chi connectivity index (χ4n) is 1.32. The molecule has 0 aliphatic heterocycles. The molecule has 0 spiro atoms. The molecule has 0 bridgehead atoms. The molecule has 0 aliphatic rings. The summed E-state index contributed by atoms with van der Waals surface area (Å²) in [6, 6.07) is 7.15. The zero-order valence-corrected chi connectivity index (χ0v) is 10.6. The fourth-order valence-corrected chi connectivity index (χ4v) is 1.32. The number of carbonyl (C=O) groups excluding carboxylic acids is 2. The third-order valence-electron chi connectivity index (χ3n) is 2.34. The molecule has 1 atom stereocenters. The molecule has 1 unspecified atom stereocenters. The van der Waals surface area contributed by atoms with Crippen LogP contribution in [0.3, 0.4) is 0 Å². The van der Waals surface area contributed by atoms with Crippen molar-refractivity contribution in [1.29, 1.82) is 0 Å². The minimum atomic E-state index is -0.995. The first-order valence-corrected chi connectivity index (χ1v) is 5.44. The number of rotatable bonds is 5. The Labute approximate surface area is 106 Å². The van der Waals surface area contributed by atoms with Gasteiger partial charge in [-0.3, -0.25) is 4.79 Å². The van der Waals surface area contributed by atoms with Gasteiger partial charge in [0.1, 0.15) is 5.75 Å². The highest BCUT2D eigenvalue weighted by Gasteiger charge is 2.25. The summed E-state index contributed by atoms with van der Waals surface area (Å²) in [5.41, 5.74) is 1.07. The summed E-state index contributed by atoms with van der Waals surface area (Å²) < 4.78 is 14.5. The van der Waals surface area contributed by atoms with Gasteiger partial charge in [0.05, 0.1) is 20.6 Å². The first kappa shape index (κ1) is 14.0. The monoisotopic (exact) mass is 252 g/mol. The molecule has 1 aromatic rings. The van der Waals surface area contributed by atoms with E-state index in [9.17, 15) is 9.59 Å². The van der Waals surface area contributed by atoms with Gasteiger partial charge in [-0.1, -0.05) is 17.7 Å². The summed E-state index contributed by atoms with van der Waals surface area (Å²) in [7, 11) is 2.49. The minimum Gasteiger partial charge on any atom is -0.478 e. The highest BCUT2D eigenvalue weighted by molar-refractivity contribution is 5.82. The van der Waals surface area contributed by atoms with Gasteiger partial charge in [0.2, 0.25) is 6.10 Å². The van der Waals surface area contributed by atoms with Gasteiger partial charge in [0, 0.05) is 0 Å². The molecule has 0 fully saturated rings. The van der Waals surface area contributed by atoms with E-state index in [1.807, 2.05) is 19.1 Å². The SMILES string of the molecule is COC(=O)CC(Oc1ccc(C)cc1)C(=O)OC. The lowest BCUT2D eigenvalue weighted by atomic mass is 10.2. The van der Waals surface area contributed by atoms with Crippen LogP contribution in [0.5, 0.6) is 5.75 Å². The van der Waals surface area contributed by atoms with Crippen molar-refractivity contribution in [3.8, 4) is 5.75 Å². The zero-order chi connectivity index (χ0) is 13.5. The van der Waals surface area contributed by atoms with E-state index in [0.29, 0.717) is 5.75 Å². The first-order valence-electron chi connectivity index (χ1n) is 5.44. The smallest absolute Gasteiger partial charge is 0.347 e. The van der Waals surface area contributed by atoms with Crippen LogP contribution >= 0.6 is 0 Å². The van der Waals surface area contributed by atoms with Crippen molar-refractivity contribution in [3.05, 3.63) is 29.8 Å². The summed E-state index contributed by atoms with van der Waals surface area (Å²) in [5, 5.41) is 0. The molecule has 98 valence electrons. The van der Waals surface area contributed by atoms with E-state index in [-0.39, 0.29) is 6.42 Å². The Bertz CT molecular complexity index is 410. The quantitative estimate of drug-likeness (QED) is 0.743. The second-order valence-corrected chi connectivity index (χ2v) is 3.72. The lowest BCUT2D eigenvalue weighted by molar-refractivity contribution is -0.155. The molecule has 0 N–H and O–H groups in total. The second-order valence-electron chi connectivity index (χ2n) is 3.72. The topological polar surface area (TPSA) is 61.8 Å². The molecule has 0 radical (unpaired) electrons. The molecule has 0 aliphatic carbocycles. The minimum absolute atomic E-state index is 0.183. The average molecular weight is 252 g/mol. The molecule has 18 heavy (non-hydrogen) atoms. The number of hydrogen-bond donors (Lipinski definition) is 0. The fraction of sp³-hybridized carbons (Fsp3) is 0.385. The number of hydrogen-bond acceptors (Lipinski definition) is 5. The van der Waals surface area contributed by atoms with Crippen LogP contribution in [0.1, 0.15) is 12.0 Å². The average Bonchev–Trinajstić information content (AvgIpc) is 2.39. The molecule has 1 aromatic carbocycles. The second kappa shape index (κ2) is 6.64. The Hall–Kier alpha value is -2.04. The molecular formula is C13H16O5. The van der Waals surface area contributed by atoms with Gasteiger partial charge >= 0.3 is 11.9 Å². The van der Waals surface area contributed by atoms with Crippen LogP contribution in [0.15, 0.2) is 24.3 Å². The number of aryl methyl sites for hydroxylation is 1. The maximum atomic E-state index is 11.5. The van der Waals surface area contributed by atoms with Crippen molar-refractivity contribution in [2.24, 2.45) is 0 Å². The summed E-state index contributed by atoms with van der Waals surface area (Å²) in [4.78, 5) is 22.7. The van der Waals surface area contributed by atoms with Crippen molar-refractivity contribution < 1.29 is 23.8 Å². The van der Waals surface area contributed by atoms with Gasteiger partial charge in [-0.05, 0) is 19.1 Å². The Morgan fingerprint density at radius 3 is 2.22 bits per heavy atom. The predicted molar refractivity (Wildman–Crippen MR) is 64.2 cm³/mol. The first-order chi connectivity index (χ1) is 8.56. The number of ether oxygens (including phenoxy) is 3. The molecule has 0 aromatic heterocycles. The van der Waals surface area contributed by atoms with E-state index in [0.717, 1.165) is 5.56 Å². The van der Waals surface area contributed by atoms with Crippen molar-refractivity contribution in [2.45, 2.75) is 19.4 Å². The van der Waals surface area contributed by atoms with Gasteiger partial charge in [0.15, 0.2) is 0 Å². The van der Waals surface area contributed by atoms with E-state index in [4.69, 9.17) is 4.74 Å². The van der Waals surface area contributed by atoms with E-state index in [2.05, 4.69) is 9.47 Å². The lowest BCUT2D eigenvalue weighted by Gasteiger charge is -2.15. The zero-order valence-electron chi connectivity index (χ0n) is 10.6.